The van der Waals surface area contributed by atoms with Crippen molar-refractivity contribution in [3.63, 3.8) is 0 Å². The van der Waals surface area contributed by atoms with Crippen molar-refractivity contribution in [1.82, 2.24) is 24.3 Å². The standard InChI is InChI=1S/C31H44N8O13S/c1-37(2)5-3-4-33-27(49)16-6-14(9-38(16)29-24(46)22(44)20(42)18(10-40)51-29)35-28(50)17-7-13(34-26(48)15-12-53-31(32)36-15)8-39(17)30-25(47)23(45)21(43)19(11-41)52-30/h6-9,12,18-25,29-30,40-47H,3-5,10-11H2,1-2H3,(H2,32,36)(H,33,49)(H,34,48)(H,35,50)/t18-,19-,20-,21-,22+,23+,24-,25-,29+,30+/m1/s1. The van der Waals surface area contributed by atoms with Crippen molar-refractivity contribution in [3.8, 4) is 0 Å². The molecule has 0 unspecified atom stereocenters. The molecule has 2 fully saturated rings. The van der Waals surface area contributed by atoms with Crippen LogP contribution in [0.4, 0.5) is 16.5 Å². The quantitative estimate of drug-likeness (QED) is 0.0750. The van der Waals surface area contributed by atoms with Crippen molar-refractivity contribution in [2.45, 2.75) is 67.7 Å². The number of ether oxygens (including phenoxy) is 2. The maximum atomic E-state index is 14.0. The Hall–Kier alpha value is -4.04. The van der Waals surface area contributed by atoms with Crippen LogP contribution < -0.4 is 21.7 Å². The molecule has 2 saturated heterocycles. The lowest BCUT2D eigenvalue weighted by Gasteiger charge is -2.41. The van der Waals surface area contributed by atoms with E-state index >= 15 is 0 Å². The number of thiazole rings is 1. The molecule has 5 heterocycles. The lowest BCUT2D eigenvalue weighted by Crippen LogP contribution is -2.56. The van der Waals surface area contributed by atoms with Gasteiger partial charge in [0.1, 0.15) is 65.9 Å². The summed E-state index contributed by atoms with van der Waals surface area (Å²) in [5, 5.41) is 92.3. The molecule has 0 bridgehead atoms. The van der Waals surface area contributed by atoms with Gasteiger partial charge in [0.25, 0.3) is 17.7 Å². The van der Waals surface area contributed by atoms with Crippen LogP contribution in [-0.4, -0.2) is 167 Å². The minimum Gasteiger partial charge on any atom is -0.394 e. The van der Waals surface area contributed by atoms with Crippen molar-refractivity contribution < 1.29 is 64.7 Å². The van der Waals surface area contributed by atoms with Crippen molar-refractivity contribution in [2.75, 3.05) is 56.8 Å². The van der Waals surface area contributed by atoms with Gasteiger partial charge in [0.2, 0.25) is 0 Å². The van der Waals surface area contributed by atoms with Gasteiger partial charge in [-0.3, -0.25) is 14.4 Å². The molecule has 0 aliphatic carbocycles. The lowest BCUT2D eigenvalue weighted by atomic mass is 9.98. The molecule has 5 rings (SSSR count). The third-order valence-corrected chi connectivity index (χ3v) is 9.46. The van der Waals surface area contributed by atoms with Gasteiger partial charge >= 0.3 is 0 Å². The fourth-order valence-corrected chi connectivity index (χ4v) is 6.52. The molecule has 10 atom stereocenters. The molecule has 3 aromatic rings. The van der Waals surface area contributed by atoms with E-state index in [1.54, 1.807) is 0 Å². The van der Waals surface area contributed by atoms with E-state index in [2.05, 4.69) is 20.9 Å². The number of nitrogen functional groups attached to an aromatic ring is 1. The van der Waals surface area contributed by atoms with Gasteiger partial charge in [-0.15, -0.1) is 11.3 Å². The van der Waals surface area contributed by atoms with Gasteiger partial charge < -0.3 is 86.0 Å². The molecule has 22 heteroatoms. The van der Waals surface area contributed by atoms with E-state index in [0.29, 0.717) is 13.0 Å². The Kier molecular flexibility index (Phi) is 12.9. The summed E-state index contributed by atoms with van der Waals surface area (Å²) in [6.45, 7) is -0.594. The van der Waals surface area contributed by atoms with E-state index in [0.717, 1.165) is 20.5 Å². The minimum atomic E-state index is -1.83. The Morgan fingerprint density at radius 2 is 1.28 bits per heavy atom. The summed E-state index contributed by atoms with van der Waals surface area (Å²) >= 11 is 1.02. The highest BCUT2D eigenvalue weighted by atomic mass is 32.1. The molecule has 0 saturated carbocycles. The first kappa shape index (κ1) is 40.2. The van der Waals surface area contributed by atoms with Crippen LogP contribution in [0, 0.1) is 0 Å². The Bertz CT molecular complexity index is 1750. The number of carbonyl (C=O) groups excluding carboxylic acids is 3. The monoisotopic (exact) mass is 768 g/mol. The van der Waals surface area contributed by atoms with Crippen molar-refractivity contribution in [1.29, 1.82) is 0 Å². The summed E-state index contributed by atoms with van der Waals surface area (Å²) in [5.74, 6) is -2.27. The number of carbonyl (C=O) groups is 3. The van der Waals surface area contributed by atoms with Crippen LogP contribution >= 0.6 is 11.3 Å². The van der Waals surface area contributed by atoms with Crippen molar-refractivity contribution >= 4 is 45.6 Å². The first-order chi connectivity index (χ1) is 25.1. The number of nitrogens with two attached hydrogens (primary N) is 1. The number of aliphatic hydroxyl groups excluding tert-OH is 8. The largest absolute Gasteiger partial charge is 0.394 e. The zero-order valence-electron chi connectivity index (χ0n) is 28.6. The molecule has 13 N–H and O–H groups in total. The number of hydrogen-bond donors (Lipinski definition) is 12. The number of aliphatic hydroxyl groups is 8. The maximum Gasteiger partial charge on any atom is 0.275 e. The van der Waals surface area contributed by atoms with Crippen LogP contribution in [-0.2, 0) is 9.47 Å². The predicted molar refractivity (Wildman–Crippen MR) is 185 cm³/mol. The number of rotatable bonds is 13. The Morgan fingerprint density at radius 3 is 1.74 bits per heavy atom. The Labute approximate surface area is 305 Å². The van der Waals surface area contributed by atoms with E-state index < -0.39 is 92.2 Å². The maximum absolute atomic E-state index is 14.0. The smallest absolute Gasteiger partial charge is 0.275 e. The van der Waals surface area contributed by atoms with Gasteiger partial charge in [-0.05, 0) is 39.2 Å². The number of amides is 3. The molecule has 53 heavy (non-hydrogen) atoms. The third-order valence-electron chi connectivity index (χ3n) is 8.78. The van der Waals surface area contributed by atoms with E-state index in [4.69, 9.17) is 15.2 Å². The summed E-state index contributed by atoms with van der Waals surface area (Å²) in [6.07, 6.45) is -13.3. The Balaban J connectivity index is 1.49. The fraction of sp³-hybridized carbons (Fsp3) is 0.548. The van der Waals surface area contributed by atoms with E-state index in [1.807, 2.05) is 19.0 Å². The van der Waals surface area contributed by atoms with Gasteiger partial charge in [-0.1, -0.05) is 0 Å². The predicted octanol–water partition coefficient (Wildman–Crippen LogP) is -3.54. The summed E-state index contributed by atoms with van der Waals surface area (Å²) in [4.78, 5) is 46.2. The van der Waals surface area contributed by atoms with Crippen molar-refractivity contribution in [3.05, 3.63) is 47.0 Å². The zero-order chi connectivity index (χ0) is 38.7. The van der Waals surface area contributed by atoms with Crippen LogP contribution in [0.2, 0.25) is 0 Å². The molecule has 292 valence electrons. The molecule has 0 spiro atoms. The second-order valence-electron chi connectivity index (χ2n) is 12.9. The second-order valence-corrected chi connectivity index (χ2v) is 13.8. The highest BCUT2D eigenvalue weighted by Crippen LogP contribution is 2.34. The fourth-order valence-electron chi connectivity index (χ4n) is 5.97. The molecule has 2 aliphatic rings. The number of anilines is 3. The lowest BCUT2D eigenvalue weighted by molar-refractivity contribution is -0.251. The van der Waals surface area contributed by atoms with Crippen LogP contribution in [0.15, 0.2) is 29.9 Å². The molecule has 0 radical (unpaired) electrons. The first-order valence-corrected chi connectivity index (χ1v) is 17.3. The Morgan fingerprint density at radius 1 is 0.792 bits per heavy atom. The van der Waals surface area contributed by atoms with Gasteiger partial charge in [-0.25, -0.2) is 4.98 Å². The number of nitrogens with one attached hydrogen (secondary N) is 3. The molecule has 2 aliphatic heterocycles. The molecule has 0 aromatic carbocycles. The van der Waals surface area contributed by atoms with Crippen LogP contribution in [0.3, 0.4) is 0 Å². The van der Waals surface area contributed by atoms with Crippen LogP contribution in [0.1, 0.15) is 50.3 Å². The van der Waals surface area contributed by atoms with E-state index in [1.165, 1.54) is 29.9 Å². The number of nitrogens with zero attached hydrogens (tertiary/aromatic N) is 4. The zero-order valence-corrected chi connectivity index (χ0v) is 29.4. The van der Waals surface area contributed by atoms with E-state index in [9.17, 15) is 55.2 Å². The average Bonchev–Trinajstić information content (AvgIpc) is 3.87. The molecule has 3 amide bonds. The molecular weight excluding hydrogens is 724 g/mol. The first-order valence-electron chi connectivity index (χ1n) is 16.5. The normalized spacial score (nSPS) is 28.9. The van der Waals surface area contributed by atoms with Crippen LogP contribution in [0.25, 0.3) is 0 Å². The van der Waals surface area contributed by atoms with Gasteiger partial charge in [0.05, 0.1) is 24.6 Å². The SMILES string of the molecule is CN(C)CCCNC(=O)c1cc(NC(=O)c2cc(NC(=O)c3csc(N)n3)cn2[C@H]2O[C@H](CO)[C@@H](O)[C@H](O)[C@H]2O)cn1[C@H]1O[C@H](CO)[C@@H](O)[C@H](O)[C@H]1O. The topological polar surface area (TPSA) is 320 Å². The highest BCUT2D eigenvalue weighted by Gasteiger charge is 2.46. The highest BCUT2D eigenvalue weighted by molar-refractivity contribution is 7.13. The molecule has 21 nitrogen and oxygen atoms in total. The number of aromatic nitrogens is 3. The average molecular weight is 769 g/mol. The summed E-state index contributed by atoms with van der Waals surface area (Å²) in [7, 11) is 3.73. The molecular formula is C31H44N8O13S. The summed E-state index contributed by atoms with van der Waals surface area (Å²) < 4.78 is 13.5. The third kappa shape index (κ3) is 8.69. The van der Waals surface area contributed by atoms with Gasteiger partial charge in [0.15, 0.2) is 17.6 Å². The second kappa shape index (κ2) is 17.0. The summed E-state index contributed by atoms with van der Waals surface area (Å²) in [6, 6.07) is 2.45. The van der Waals surface area contributed by atoms with E-state index in [-0.39, 0.29) is 40.1 Å². The number of hydrogen-bond acceptors (Lipinski definition) is 17. The molecule has 3 aromatic heterocycles. The van der Waals surface area contributed by atoms with Crippen molar-refractivity contribution in [2.24, 2.45) is 0 Å². The summed E-state index contributed by atoms with van der Waals surface area (Å²) in [5.41, 5.74) is 5.15. The minimum absolute atomic E-state index is 0.000335. The van der Waals surface area contributed by atoms with Crippen LogP contribution in [0.5, 0.6) is 0 Å². The van der Waals surface area contributed by atoms with Gasteiger partial charge in [-0.2, -0.15) is 0 Å². The van der Waals surface area contributed by atoms with Gasteiger partial charge in [0, 0.05) is 24.3 Å².